The van der Waals surface area contributed by atoms with Gasteiger partial charge in [-0.05, 0) is 31.4 Å². The monoisotopic (exact) mass is 282 g/mol. The van der Waals surface area contributed by atoms with Gasteiger partial charge in [-0.2, -0.15) is 0 Å². The third kappa shape index (κ3) is 2.71. The Morgan fingerprint density at radius 2 is 2.32 bits per heavy atom. The van der Waals surface area contributed by atoms with Gasteiger partial charge in [0.25, 0.3) is 11.6 Å². The van der Waals surface area contributed by atoms with E-state index in [4.69, 9.17) is 11.6 Å². The van der Waals surface area contributed by atoms with E-state index in [1.54, 1.807) is 4.90 Å². The predicted molar refractivity (Wildman–Crippen MR) is 72.5 cm³/mol. The molecule has 1 aromatic rings. The molecule has 102 valence electrons. The first-order valence-electron chi connectivity index (χ1n) is 6.29. The van der Waals surface area contributed by atoms with Crippen LogP contribution in [-0.4, -0.2) is 28.3 Å². The van der Waals surface area contributed by atoms with Crippen LogP contribution in [0.25, 0.3) is 0 Å². The van der Waals surface area contributed by atoms with Crippen molar-refractivity contribution in [3.05, 3.63) is 38.9 Å². The van der Waals surface area contributed by atoms with Crippen molar-refractivity contribution < 1.29 is 9.72 Å². The summed E-state index contributed by atoms with van der Waals surface area (Å²) in [6.07, 6.45) is 2.76. The molecule has 0 aromatic heterocycles. The Kier molecular flexibility index (Phi) is 4.04. The van der Waals surface area contributed by atoms with Crippen LogP contribution in [0.4, 0.5) is 5.69 Å². The van der Waals surface area contributed by atoms with Gasteiger partial charge in [-0.25, -0.2) is 0 Å². The molecule has 19 heavy (non-hydrogen) atoms. The molecule has 0 N–H and O–H groups in total. The number of carbonyl (C=O) groups is 1. The maximum absolute atomic E-state index is 12.5. The van der Waals surface area contributed by atoms with E-state index >= 15 is 0 Å². The van der Waals surface area contributed by atoms with Crippen LogP contribution in [0, 0.1) is 10.1 Å². The molecule has 0 spiro atoms. The lowest BCUT2D eigenvalue weighted by molar-refractivity contribution is -0.385. The van der Waals surface area contributed by atoms with Gasteiger partial charge in [-0.3, -0.25) is 14.9 Å². The average Bonchev–Trinajstić information content (AvgIpc) is 2.85. The molecular formula is C13H15ClN2O3. The minimum Gasteiger partial charge on any atom is -0.335 e. The highest BCUT2D eigenvalue weighted by molar-refractivity contribution is 6.31. The van der Waals surface area contributed by atoms with Crippen molar-refractivity contribution in [2.24, 2.45) is 0 Å². The summed E-state index contributed by atoms with van der Waals surface area (Å²) in [6, 6.07) is 4.27. The number of benzene rings is 1. The number of amides is 1. The predicted octanol–water partition coefficient (Wildman–Crippen LogP) is 3.26. The lowest BCUT2D eigenvalue weighted by Crippen LogP contribution is -2.35. The van der Waals surface area contributed by atoms with Gasteiger partial charge in [0.05, 0.1) is 4.92 Å². The van der Waals surface area contributed by atoms with Crippen LogP contribution in [0.3, 0.4) is 0 Å². The number of nitrogens with zero attached hydrogens (tertiary/aromatic N) is 2. The van der Waals surface area contributed by atoms with Crippen LogP contribution in [0.2, 0.25) is 5.02 Å². The Balaban J connectivity index is 2.37. The van der Waals surface area contributed by atoms with Crippen LogP contribution in [-0.2, 0) is 0 Å². The first-order valence-corrected chi connectivity index (χ1v) is 6.67. The topological polar surface area (TPSA) is 63.5 Å². The summed E-state index contributed by atoms with van der Waals surface area (Å²) in [5.41, 5.74) is -0.103. The van der Waals surface area contributed by atoms with Gasteiger partial charge < -0.3 is 4.90 Å². The highest BCUT2D eigenvalue weighted by atomic mass is 35.5. The molecule has 1 aromatic carbocycles. The molecule has 1 atom stereocenters. The molecule has 0 bridgehead atoms. The third-order valence-electron chi connectivity index (χ3n) is 3.49. The highest BCUT2D eigenvalue weighted by Crippen LogP contribution is 2.28. The number of halogens is 1. The Morgan fingerprint density at radius 1 is 1.58 bits per heavy atom. The van der Waals surface area contributed by atoms with Crippen LogP contribution in [0.1, 0.15) is 36.5 Å². The minimum atomic E-state index is -0.541. The van der Waals surface area contributed by atoms with E-state index in [1.807, 2.05) is 6.92 Å². The van der Waals surface area contributed by atoms with Gasteiger partial charge in [-0.15, -0.1) is 0 Å². The van der Waals surface area contributed by atoms with Gasteiger partial charge >= 0.3 is 0 Å². The molecule has 0 radical (unpaired) electrons. The normalized spacial score (nSPS) is 18.6. The van der Waals surface area contributed by atoms with E-state index in [2.05, 4.69) is 0 Å². The van der Waals surface area contributed by atoms with Crippen molar-refractivity contribution >= 4 is 23.2 Å². The summed E-state index contributed by atoms with van der Waals surface area (Å²) >= 11 is 5.85. The number of nitro benzene ring substituents is 1. The summed E-state index contributed by atoms with van der Waals surface area (Å²) in [5.74, 6) is -0.293. The second-order valence-corrected chi connectivity index (χ2v) is 5.06. The van der Waals surface area contributed by atoms with Crippen molar-refractivity contribution in [1.29, 1.82) is 0 Å². The molecular weight excluding hydrogens is 268 g/mol. The molecule has 1 heterocycles. The summed E-state index contributed by atoms with van der Waals surface area (Å²) in [5, 5.41) is 11.3. The molecule has 1 saturated heterocycles. The highest BCUT2D eigenvalue weighted by Gasteiger charge is 2.31. The van der Waals surface area contributed by atoms with Gasteiger partial charge in [0, 0.05) is 23.7 Å². The molecule has 0 aliphatic carbocycles. The number of hydrogen-bond donors (Lipinski definition) is 0. The summed E-state index contributed by atoms with van der Waals surface area (Å²) in [7, 11) is 0. The molecule has 1 aliphatic heterocycles. The number of hydrogen-bond acceptors (Lipinski definition) is 3. The van der Waals surface area contributed by atoms with Crippen molar-refractivity contribution in [2.45, 2.75) is 32.2 Å². The second-order valence-electron chi connectivity index (χ2n) is 4.62. The van der Waals surface area contributed by atoms with E-state index in [0.29, 0.717) is 11.6 Å². The summed E-state index contributed by atoms with van der Waals surface area (Å²) in [6.45, 7) is 2.67. The fourth-order valence-corrected chi connectivity index (χ4v) is 2.69. The van der Waals surface area contributed by atoms with Crippen LogP contribution < -0.4 is 0 Å². The zero-order valence-electron chi connectivity index (χ0n) is 10.6. The van der Waals surface area contributed by atoms with E-state index in [-0.39, 0.29) is 23.2 Å². The molecule has 1 unspecified atom stereocenters. The summed E-state index contributed by atoms with van der Waals surface area (Å²) in [4.78, 5) is 24.6. The molecule has 2 rings (SSSR count). The number of likely N-dealkylation sites (tertiary alicyclic amines) is 1. The van der Waals surface area contributed by atoms with E-state index < -0.39 is 4.92 Å². The lowest BCUT2D eigenvalue weighted by Gasteiger charge is -2.23. The zero-order chi connectivity index (χ0) is 14.0. The smallest absolute Gasteiger partial charge is 0.282 e. The Bertz CT molecular complexity index is 519. The largest absolute Gasteiger partial charge is 0.335 e. The van der Waals surface area contributed by atoms with Crippen molar-refractivity contribution in [3.63, 3.8) is 0 Å². The molecule has 1 amide bonds. The fraction of sp³-hybridized carbons (Fsp3) is 0.462. The standard InChI is InChI=1S/C13H15ClN2O3/c1-2-10-4-3-7-15(10)13(17)11-8-9(14)5-6-12(11)16(18)19/h5-6,8,10H,2-4,7H2,1H3. The summed E-state index contributed by atoms with van der Waals surface area (Å²) < 4.78 is 0. The SMILES string of the molecule is CCC1CCCN1C(=O)c1cc(Cl)ccc1[N+](=O)[O-]. The molecule has 1 aliphatic rings. The van der Waals surface area contributed by atoms with Crippen molar-refractivity contribution in [2.75, 3.05) is 6.54 Å². The zero-order valence-corrected chi connectivity index (χ0v) is 11.4. The van der Waals surface area contributed by atoms with E-state index in [9.17, 15) is 14.9 Å². The van der Waals surface area contributed by atoms with Crippen molar-refractivity contribution in [1.82, 2.24) is 4.90 Å². The second kappa shape index (κ2) is 5.57. The van der Waals surface area contributed by atoms with E-state index in [1.165, 1.54) is 18.2 Å². The number of nitro groups is 1. The molecule has 5 nitrogen and oxygen atoms in total. The van der Waals surface area contributed by atoms with Gasteiger partial charge in [0.15, 0.2) is 0 Å². The number of carbonyl (C=O) groups excluding carboxylic acids is 1. The quantitative estimate of drug-likeness (QED) is 0.631. The maximum atomic E-state index is 12.5. The Labute approximate surface area is 116 Å². The van der Waals surface area contributed by atoms with Crippen LogP contribution in [0.5, 0.6) is 0 Å². The fourth-order valence-electron chi connectivity index (χ4n) is 2.52. The Morgan fingerprint density at radius 3 is 2.95 bits per heavy atom. The first kappa shape index (κ1) is 13.8. The van der Waals surface area contributed by atoms with E-state index in [0.717, 1.165) is 19.3 Å². The third-order valence-corrected chi connectivity index (χ3v) is 3.73. The minimum absolute atomic E-state index is 0.0813. The maximum Gasteiger partial charge on any atom is 0.282 e. The Hall–Kier alpha value is -1.62. The molecule has 6 heteroatoms. The van der Waals surface area contributed by atoms with Crippen LogP contribution >= 0.6 is 11.6 Å². The number of rotatable bonds is 3. The molecule has 1 fully saturated rings. The van der Waals surface area contributed by atoms with Crippen LogP contribution in [0.15, 0.2) is 18.2 Å². The first-order chi connectivity index (χ1) is 9.04. The van der Waals surface area contributed by atoms with Gasteiger partial charge in [0.1, 0.15) is 5.56 Å². The van der Waals surface area contributed by atoms with Crippen molar-refractivity contribution in [3.8, 4) is 0 Å². The van der Waals surface area contributed by atoms with Gasteiger partial charge in [0.2, 0.25) is 0 Å². The molecule has 0 saturated carbocycles. The van der Waals surface area contributed by atoms with Gasteiger partial charge in [-0.1, -0.05) is 18.5 Å². The lowest BCUT2D eigenvalue weighted by atomic mass is 10.1. The average molecular weight is 283 g/mol.